The van der Waals surface area contributed by atoms with E-state index in [2.05, 4.69) is 5.32 Å². The van der Waals surface area contributed by atoms with Gasteiger partial charge in [0.1, 0.15) is 0 Å². The first-order chi connectivity index (χ1) is 11.8. The van der Waals surface area contributed by atoms with Crippen LogP contribution in [0.15, 0.2) is 23.1 Å². The van der Waals surface area contributed by atoms with Gasteiger partial charge in [0.2, 0.25) is 15.9 Å². The van der Waals surface area contributed by atoms with Gasteiger partial charge in [-0.3, -0.25) is 4.79 Å². The summed E-state index contributed by atoms with van der Waals surface area (Å²) in [6.45, 7) is 6.78. The van der Waals surface area contributed by atoms with Crippen molar-refractivity contribution < 1.29 is 13.2 Å². The van der Waals surface area contributed by atoms with Crippen molar-refractivity contribution in [3.8, 4) is 0 Å². The van der Waals surface area contributed by atoms with Crippen LogP contribution in [0.2, 0.25) is 0 Å². The predicted molar refractivity (Wildman–Crippen MR) is 99.8 cm³/mol. The number of benzene rings is 1. The molecule has 2 unspecified atom stereocenters. The highest BCUT2D eigenvalue weighted by molar-refractivity contribution is 7.89. The Morgan fingerprint density at radius 3 is 2.52 bits per heavy atom. The maximum absolute atomic E-state index is 12.9. The summed E-state index contributed by atoms with van der Waals surface area (Å²) >= 11 is 0. The van der Waals surface area contributed by atoms with Gasteiger partial charge in [-0.1, -0.05) is 32.8 Å². The lowest BCUT2D eigenvalue weighted by atomic mass is 9.99. The van der Waals surface area contributed by atoms with Crippen LogP contribution in [0.4, 0.5) is 5.69 Å². The topological polar surface area (TPSA) is 92.5 Å². The molecular weight excluding hydrogens is 338 g/mol. The third-order valence-electron chi connectivity index (χ3n) is 4.95. The van der Waals surface area contributed by atoms with E-state index in [0.717, 1.165) is 25.7 Å². The van der Waals surface area contributed by atoms with Crippen LogP contribution in [0.1, 0.15) is 45.1 Å². The molecule has 0 aliphatic carbocycles. The van der Waals surface area contributed by atoms with E-state index in [1.54, 1.807) is 25.1 Å². The minimum atomic E-state index is -3.54. The van der Waals surface area contributed by atoms with Gasteiger partial charge >= 0.3 is 0 Å². The number of hydrogen-bond donors (Lipinski definition) is 2. The zero-order chi connectivity index (χ0) is 18.6. The van der Waals surface area contributed by atoms with Crippen LogP contribution in [-0.4, -0.2) is 37.8 Å². The third kappa shape index (κ3) is 4.59. The highest BCUT2D eigenvalue weighted by Gasteiger charge is 2.28. The molecule has 3 N–H and O–H groups in total. The lowest BCUT2D eigenvalue weighted by Crippen LogP contribution is -2.40. The Hall–Kier alpha value is -1.44. The number of hydrogen-bond acceptors (Lipinski definition) is 4. The molecule has 2 rings (SSSR count). The Morgan fingerprint density at radius 1 is 1.28 bits per heavy atom. The molecule has 1 fully saturated rings. The Balaban J connectivity index is 2.24. The van der Waals surface area contributed by atoms with Gasteiger partial charge in [0, 0.05) is 18.8 Å². The highest BCUT2D eigenvalue weighted by Crippen LogP contribution is 2.26. The van der Waals surface area contributed by atoms with Gasteiger partial charge in [-0.2, -0.15) is 4.31 Å². The monoisotopic (exact) mass is 367 g/mol. The fourth-order valence-corrected chi connectivity index (χ4v) is 4.71. The van der Waals surface area contributed by atoms with E-state index < -0.39 is 16.1 Å². The van der Waals surface area contributed by atoms with E-state index in [4.69, 9.17) is 5.73 Å². The van der Waals surface area contributed by atoms with Crippen LogP contribution in [0.3, 0.4) is 0 Å². The van der Waals surface area contributed by atoms with E-state index in [1.165, 1.54) is 4.31 Å². The number of nitrogens with two attached hydrogens (primary N) is 1. The molecule has 1 aromatic carbocycles. The van der Waals surface area contributed by atoms with Crippen LogP contribution in [0, 0.1) is 12.8 Å². The third-order valence-corrected chi connectivity index (χ3v) is 6.99. The number of amides is 1. The smallest absolute Gasteiger partial charge is 0.243 e. The summed E-state index contributed by atoms with van der Waals surface area (Å²) < 4.78 is 27.4. The van der Waals surface area contributed by atoms with Gasteiger partial charge in [-0.25, -0.2) is 8.42 Å². The molecule has 0 bridgehead atoms. The average Bonchev–Trinajstić information content (AvgIpc) is 2.62. The second-order valence-corrected chi connectivity index (χ2v) is 8.75. The summed E-state index contributed by atoms with van der Waals surface area (Å²) in [7, 11) is -3.54. The molecule has 25 heavy (non-hydrogen) atoms. The molecule has 0 spiro atoms. The molecule has 7 heteroatoms. The minimum Gasteiger partial charge on any atom is -0.325 e. The maximum atomic E-state index is 12.9. The number of nitrogens with zero attached hydrogens (tertiary/aromatic N) is 1. The Labute approximate surface area is 150 Å². The standard InChI is InChI=1S/C18H29N3O3S/c1-4-13(2)17(19)18(22)20-15-9-8-14(3)16(12-15)25(23,24)21-10-6-5-7-11-21/h8-9,12-13,17H,4-7,10-11,19H2,1-3H3,(H,20,22). The van der Waals surface area contributed by atoms with Crippen molar-refractivity contribution in [2.24, 2.45) is 11.7 Å². The zero-order valence-electron chi connectivity index (χ0n) is 15.3. The van der Waals surface area contributed by atoms with Crippen molar-refractivity contribution in [2.45, 2.75) is 57.4 Å². The van der Waals surface area contributed by atoms with Crippen molar-refractivity contribution in [3.63, 3.8) is 0 Å². The molecule has 6 nitrogen and oxygen atoms in total. The van der Waals surface area contributed by atoms with E-state index in [-0.39, 0.29) is 16.7 Å². The van der Waals surface area contributed by atoms with E-state index >= 15 is 0 Å². The maximum Gasteiger partial charge on any atom is 0.243 e. The molecule has 0 radical (unpaired) electrons. The van der Waals surface area contributed by atoms with Crippen LogP contribution in [0.5, 0.6) is 0 Å². The second-order valence-electron chi connectivity index (χ2n) is 6.85. The molecule has 1 saturated heterocycles. The quantitative estimate of drug-likeness (QED) is 0.808. The molecule has 1 aliphatic heterocycles. The summed E-state index contributed by atoms with van der Waals surface area (Å²) in [5, 5.41) is 2.75. The van der Waals surface area contributed by atoms with Crippen LogP contribution >= 0.6 is 0 Å². The van der Waals surface area contributed by atoms with Gasteiger partial charge in [-0.05, 0) is 43.4 Å². The molecule has 1 aromatic rings. The lowest BCUT2D eigenvalue weighted by Gasteiger charge is -2.27. The molecule has 140 valence electrons. The van der Waals surface area contributed by atoms with Crippen LogP contribution in [0.25, 0.3) is 0 Å². The van der Waals surface area contributed by atoms with Crippen molar-refractivity contribution in [1.82, 2.24) is 4.31 Å². The molecule has 0 saturated carbocycles. The van der Waals surface area contributed by atoms with Gasteiger partial charge in [-0.15, -0.1) is 0 Å². The first-order valence-corrected chi connectivity index (χ1v) is 10.4. The Bertz CT molecular complexity index is 712. The number of nitrogens with one attached hydrogen (secondary N) is 1. The first-order valence-electron chi connectivity index (χ1n) is 8.94. The molecule has 1 heterocycles. The molecule has 1 amide bonds. The lowest BCUT2D eigenvalue weighted by molar-refractivity contribution is -0.118. The largest absolute Gasteiger partial charge is 0.325 e. The zero-order valence-corrected chi connectivity index (χ0v) is 16.1. The number of aryl methyl sites for hydroxylation is 1. The van der Waals surface area contributed by atoms with Crippen molar-refractivity contribution >= 4 is 21.6 Å². The fourth-order valence-electron chi connectivity index (χ4n) is 2.94. The number of piperidine rings is 1. The molecule has 0 aromatic heterocycles. The van der Waals surface area contributed by atoms with Crippen LogP contribution < -0.4 is 11.1 Å². The minimum absolute atomic E-state index is 0.0574. The Kier molecular flexibility index (Phi) is 6.59. The van der Waals surface area contributed by atoms with E-state index in [1.807, 2.05) is 13.8 Å². The fraction of sp³-hybridized carbons (Fsp3) is 0.611. The number of carbonyl (C=O) groups excluding carboxylic acids is 1. The SMILES string of the molecule is CCC(C)C(N)C(=O)Nc1ccc(C)c(S(=O)(=O)N2CCCCC2)c1. The first kappa shape index (κ1) is 19.9. The Morgan fingerprint density at radius 2 is 1.92 bits per heavy atom. The van der Waals surface area contributed by atoms with Gasteiger partial charge in [0.25, 0.3) is 0 Å². The molecular formula is C18H29N3O3S. The van der Waals surface area contributed by atoms with Gasteiger partial charge in [0.15, 0.2) is 0 Å². The number of carbonyl (C=O) groups is 1. The number of anilines is 1. The van der Waals surface area contributed by atoms with Crippen molar-refractivity contribution in [2.75, 3.05) is 18.4 Å². The number of rotatable bonds is 6. The predicted octanol–water partition coefficient (Wildman–Crippen LogP) is 2.48. The summed E-state index contributed by atoms with van der Waals surface area (Å²) in [5.74, 6) is -0.235. The highest BCUT2D eigenvalue weighted by atomic mass is 32.2. The molecule has 1 aliphatic rings. The number of sulfonamides is 1. The summed E-state index contributed by atoms with van der Waals surface area (Å²) in [4.78, 5) is 12.5. The van der Waals surface area contributed by atoms with Gasteiger partial charge < -0.3 is 11.1 Å². The van der Waals surface area contributed by atoms with E-state index in [0.29, 0.717) is 24.3 Å². The van der Waals surface area contributed by atoms with Crippen LogP contribution in [-0.2, 0) is 14.8 Å². The normalized spacial score (nSPS) is 18.6. The summed E-state index contributed by atoms with van der Waals surface area (Å²) in [5.41, 5.74) is 7.09. The summed E-state index contributed by atoms with van der Waals surface area (Å²) in [6, 6.07) is 4.36. The van der Waals surface area contributed by atoms with Crippen molar-refractivity contribution in [3.05, 3.63) is 23.8 Å². The average molecular weight is 368 g/mol. The molecule has 2 atom stereocenters. The van der Waals surface area contributed by atoms with Crippen molar-refractivity contribution in [1.29, 1.82) is 0 Å². The van der Waals surface area contributed by atoms with E-state index in [9.17, 15) is 13.2 Å². The van der Waals surface area contributed by atoms with Gasteiger partial charge in [0.05, 0.1) is 10.9 Å². The summed E-state index contributed by atoms with van der Waals surface area (Å²) in [6.07, 6.45) is 3.64. The second kappa shape index (κ2) is 8.29.